The van der Waals surface area contributed by atoms with E-state index >= 15 is 0 Å². The molecule has 3 N–H and O–H groups in total. The van der Waals surface area contributed by atoms with Gasteiger partial charge in [0.15, 0.2) is 10.8 Å². The molecule has 0 radical (unpaired) electrons. The van der Waals surface area contributed by atoms with Crippen LogP contribution in [0.15, 0.2) is 39.6 Å². The van der Waals surface area contributed by atoms with E-state index in [1.165, 1.54) is 39.7 Å². The molecule has 18 heteroatoms. The van der Waals surface area contributed by atoms with E-state index in [0.717, 1.165) is 16.2 Å². The Hall–Kier alpha value is -4.21. The number of rotatable bonds is 13. The van der Waals surface area contributed by atoms with Crippen LogP contribution < -0.4 is 10.6 Å². The lowest BCUT2D eigenvalue weighted by Gasteiger charge is -2.49. The minimum atomic E-state index is -1.27. The molecule has 0 bridgehead atoms. The number of aliphatic carboxylic acids is 1. The number of carbonyl (C=O) groups is 4. The van der Waals surface area contributed by atoms with Gasteiger partial charge in [-0.15, -0.1) is 34.6 Å². The number of carboxylic acid groups (broad SMARTS) is 1. The second-order valence-corrected chi connectivity index (χ2v) is 10.5. The predicted molar refractivity (Wildman–Crippen MR) is 142 cm³/mol. The van der Waals surface area contributed by atoms with E-state index in [-0.39, 0.29) is 41.1 Å². The number of thiazole rings is 1. The summed E-state index contributed by atoms with van der Waals surface area (Å²) >= 11 is 3.56. The van der Waals surface area contributed by atoms with Crippen molar-refractivity contribution < 1.29 is 29.1 Å². The Morgan fingerprint density at radius 2 is 2.28 bits per heavy atom. The Balaban J connectivity index is 1.49. The number of amides is 3. The zero-order chi connectivity index (χ0) is 27.9. The maximum atomic E-state index is 13.1. The van der Waals surface area contributed by atoms with Gasteiger partial charge in [-0.1, -0.05) is 35.5 Å². The molecule has 4 heterocycles. The first kappa shape index (κ1) is 27.8. The average molecular weight is 590 g/mol. The lowest BCUT2D eigenvalue weighted by molar-refractivity contribution is -0.150. The van der Waals surface area contributed by atoms with E-state index < -0.39 is 29.2 Å². The van der Waals surface area contributed by atoms with Gasteiger partial charge in [0.25, 0.3) is 11.8 Å². The molecule has 0 spiro atoms. The van der Waals surface area contributed by atoms with Crippen molar-refractivity contribution in [2.75, 3.05) is 23.4 Å². The van der Waals surface area contributed by atoms with Gasteiger partial charge in [-0.25, -0.2) is 14.5 Å². The van der Waals surface area contributed by atoms with Gasteiger partial charge in [-0.3, -0.25) is 19.3 Å². The summed E-state index contributed by atoms with van der Waals surface area (Å²) < 4.78 is 1.41. The lowest BCUT2D eigenvalue weighted by atomic mass is 10.0. The Morgan fingerprint density at radius 3 is 3.00 bits per heavy atom. The second kappa shape index (κ2) is 12.6. The molecule has 15 nitrogen and oxygen atoms in total. The number of tetrazole rings is 1. The highest BCUT2D eigenvalue weighted by Gasteiger charge is 2.54. The number of terminal acetylenes is 1. The highest BCUT2D eigenvalue weighted by Crippen LogP contribution is 2.41. The van der Waals surface area contributed by atoms with Crippen molar-refractivity contribution in [3.05, 3.63) is 35.0 Å². The second-order valence-electron chi connectivity index (χ2n) is 7.55. The molecule has 39 heavy (non-hydrogen) atoms. The van der Waals surface area contributed by atoms with Crippen molar-refractivity contribution in [2.24, 2.45) is 5.16 Å². The van der Waals surface area contributed by atoms with Crippen LogP contribution in [0.3, 0.4) is 0 Å². The maximum Gasteiger partial charge on any atom is 0.352 e. The van der Waals surface area contributed by atoms with Gasteiger partial charge in [0.1, 0.15) is 36.0 Å². The molecule has 1 saturated heterocycles. The van der Waals surface area contributed by atoms with Crippen LogP contribution >= 0.6 is 34.9 Å². The minimum Gasteiger partial charge on any atom is -0.477 e. The summed E-state index contributed by atoms with van der Waals surface area (Å²) in [5, 5.41) is 31.4. The van der Waals surface area contributed by atoms with Crippen molar-refractivity contribution in [3.63, 3.8) is 0 Å². The van der Waals surface area contributed by atoms with Gasteiger partial charge < -0.3 is 20.6 Å². The first-order chi connectivity index (χ1) is 18.9. The summed E-state index contributed by atoms with van der Waals surface area (Å²) in [6.07, 6.45) is 7.18. The average Bonchev–Trinajstić information content (AvgIpc) is 3.57. The number of hydrogen-bond donors (Lipinski definition) is 3. The molecule has 4 rings (SSSR count). The Labute approximate surface area is 233 Å². The molecule has 2 aliphatic rings. The minimum absolute atomic E-state index is 0.0115. The zero-order valence-electron chi connectivity index (χ0n) is 19.8. The Kier molecular flexibility index (Phi) is 8.96. The quantitative estimate of drug-likeness (QED) is 0.0407. The van der Waals surface area contributed by atoms with Crippen LogP contribution in [0, 0.1) is 12.3 Å². The number of hydrogen-bond acceptors (Lipinski definition) is 13. The van der Waals surface area contributed by atoms with Gasteiger partial charge in [0, 0.05) is 16.9 Å². The fourth-order valence-electron chi connectivity index (χ4n) is 3.50. The molecular formula is C21H19N9O6S3. The summed E-state index contributed by atoms with van der Waals surface area (Å²) in [7, 11) is 0. The topological polar surface area (TPSA) is 194 Å². The third kappa shape index (κ3) is 5.94. The third-order valence-electron chi connectivity index (χ3n) is 5.14. The summed E-state index contributed by atoms with van der Waals surface area (Å²) in [5.74, 6) is 0.318. The van der Waals surface area contributed by atoms with Gasteiger partial charge in [0.05, 0.1) is 0 Å². The van der Waals surface area contributed by atoms with E-state index in [0.29, 0.717) is 22.9 Å². The summed E-state index contributed by atoms with van der Waals surface area (Å²) in [5.41, 5.74) is 0.239. The number of aromatic nitrogens is 5. The zero-order valence-corrected chi connectivity index (χ0v) is 22.3. The van der Waals surface area contributed by atoms with Crippen LogP contribution in [-0.4, -0.2) is 94.6 Å². The SMILES string of the molecule is C#CCn1nnnc1SCC1=C(C(=O)O)N2C(=O)C(NC(=O)C(=NOCC=C)c3csc(NC=O)n3)[C@@H]2SC1. The molecule has 0 aromatic carbocycles. The molecular weight excluding hydrogens is 570 g/mol. The smallest absolute Gasteiger partial charge is 0.352 e. The molecule has 1 unspecified atom stereocenters. The standard InChI is InChI=1S/C21H19N9O6S3/c1-3-5-29-21(25-27-28-29)39-8-11-7-37-18-14(17(33)30(18)15(11)19(34)35)24-16(32)13(26-36-6-4-2)12-9-38-20(23-12)22-10-31/h1,4,9-10,14,18H,2,5-8H2,(H,24,32)(H,34,35)(H,22,23,31)/t14?,18-/m0/s1. The first-order valence-corrected chi connectivity index (χ1v) is 13.8. The van der Waals surface area contributed by atoms with Crippen molar-refractivity contribution >= 4 is 69.9 Å². The van der Waals surface area contributed by atoms with E-state index in [1.807, 2.05) is 0 Å². The fraction of sp³-hybridized carbons (Fsp3) is 0.286. The molecule has 2 aromatic rings. The van der Waals surface area contributed by atoms with Crippen LogP contribution in [0.1, 0.15) is 5.69 Å². The molecule has 3 amide bonds. The molecule has 0 aliphatic carbocycles. The first-order valence-electron chi connectivity index (χ1n) is 10.9. The molecule has 202 valence electrons. The fourth-order valence-corrected chi connectivity index (χ4v) is 6.52. The molecule has 2 atom stereocenters. The molecule has 2 aromatic heterocycles. The van der Waals surface area contributed by atoms with Crippen LogP contribution in [0.2, 0.25) is 0 Å². The van der Waals surface area contributed by atoms with E-state index in [4.69, 9.17) is 11.3 Å². The van der Waals surface area contributed by atoms with Crippen molar-refractivity contribution in [3.8, 4) is 12.3 Å². The number of carboxylic acids is 1. The van der Waals surface area contributed by atoms with Crippen LogP contribution in [0.25, 0.3) is 0 Å². The number of anilines is 1. The van der Waals surface area contributed by atoms with Crippen molar-refractivity contribution in [2.45, 2.75) is 23.1 Å². The normalized spacial score (nSPS) is 18.5. The summed E-state index contributed by atoms with van der Waals surface area (Å²) in [6.45, 7) is 3.68. The van der Waals surface area contributed by atoms with Crippen LogP contribution in [0.4, 0.5) is 5.13 Å². The van der Waals surface area contributed by atoms with Gasteiger partial charge in [0.2, 0.25) is 11.6 Å². The van der Waals surface area contributed by atoms with Gasteiger partial charge in [-0.2, -0.15) is 0 Å². The Morgan fingerprint density at radius 1 is 1.46 bits per heavy atom. The third-order valence-corrected chi connectivity index (χ3v) is 8.30. The lowest BCUT2D eigenvalue weighted by Crippen LogP contribution is -2.71. The number of nitrogens with one attached hydrogen (secondary N) is 2. The van der Waals surface area contributed by atoms with Gasteiger partial charge >= 0.3 is 5.97 Å². The van der Waals surface area contributed by atoms with Crippen LogP contribution in [0.5, 0.6) is 0 Å². The van der Waals surface area contributed by atoms with Crippen molar-refractivity contribution in [1.29, 1.82) is 0 Å². The number of nitrogens with zero attached hydrogens (tertiary/aromatic N) is 7. The van der Waals surface area contributed by atoms with E-state index in [9.17, 15) is 24.3 Å². The maximum absolute atomic E-state index is 13.1. The van der Waals surface area contributed by atoms with E-state index in [1.54, 1.807) is 0 Å². The number of fused-ring (bicyclic) bond motifs is 1. The summed E-state index contributed by atoms with van der Waals surface area (Å²) in [6, 6.07) is -1.01. The predicted octanol–water partition coefficient (Wildman–Crippen LogP) is -0.231. The number of thioether (sulfide) groups is 2. The highest BCUT2D eigenvalue weighted by molar-refractivity contribution is 8.01. The Bertz CT molecular complexity index is 1410. The number of β-lactam (4-membered cyclic amide) rings is 1. The largest absolute Gasteiger partial charge is 0.477 e. The molecule has 1 fully saturated rings. The highest BCUT2D eigenvalue weighted by atomic mass is 32.2. The molecule has 2 aliphatic heterocycles. The van der Waals surface area contributed by atoms with Gasteiger partial charge in [-0.05, 0) is 16.0 Å². The summed E-state index contributed by atoms with van der Waals surface area (Å²) in [4.78, 5) is 59.4. The molecule has 0 saturated carbocycles. The van der Waals surface area contributed by atoms with Crippen molar-refractivity contribution in [1.82, 2.24) is 35.4 Å². The monoisotopic (exact) mass is 589 g/mol. The van der Waals surface area contributed by atoms with E-state index in [2.05, 4.69) is 48.8 Å². The number of carbonyl (C=O) groups excluding carboxylic acids is 3. The van der Waals surface area contributed by atoms with Crippen LogP contribution in [-0.2, 0) is 30.6 Å². The number of oxime groups is 1.